The number of aromatic nitrogens is 2. The van der Waals surface area contributed by atoms with E-state index in [0.29, 0.717) is 48.3 Å². The number of carbonyl (C=O) groups is 2. The first-order valence-corrected chi connectivity index (χ1v) is 13.2. The summed E-state index contributed by atoms with van der Waals surface area (Å²) in [5.74, 6) is 1.70. The Balaban J connectivity index is 1.28. The Morgan fingerprint density at radius 2 is 1.73 bits per heavy atom. The van der Waals surface area contributed by atoms with Crippen LogP contribution in [0.15, 0.2) is 67.0 Å². The number of piperidine rings is 1. The molecule has 1 aromatic heterocycles. The van der Waals surface area contributed by atoms with Crippen LogP contribution in [-0.2, 0) is 11.3 Å². The molecule has 7 nitrogen and oxygen atoms in total. The molecule has 1 saturated carbocycles. The summed E-state index contributed by atoms with van der Waals surface area (Å²) in [4.78, 5) is 38.9. The number of hydrogen-bond acceptors (Lipinski definition) is 5. The van der Waals surface area contributed by atoms with Crippen molar-refractivity contribution < 1.29 is 14.3 Å². The van der Waals surface area contributed by atoms with Crippen molar-refractivity contribution in [2.24, 2.45) is 5.92 Å². The Kier molecular flexibility index (Phi) is 7.70. The summed E-state index contributed by atoms with van der Waals surface area (Å²) in [5.41, 5.74) is 1.55. The lowest BCUT2D eigenvalue weighted by Crippen LogP contribution is -2.49. The second kappa shape index (κ2) is 11.3. The van der Waals surface area contributed by atoms with Crippen LogP contribution in [-0.4, -0.2) is 57.8 Å². The highest BCUT2D eigenvalue weighted by atomic mass is 35.5. The van der Waals surface area contributed by atoms with E-state index in [0.717, 1.165) is 24.2 Å². The molecule has 0 unspecified atom stereocenters. The summed E-state index contributed by atoms with van der Waals surface area (Å²) < 4.78 is 6.31. The Morgan fingerprint density at radius 3 is 2.41 bits per heavy atom. The van der Waals surface area contributed by atoms with Gasteiger partial charge in [-0.25, -0.2) is 9.97 Å². The van der Waals surface area contributed by atoms with Gasteiger partial charge in [0.15, 0.2) is 0 Å². The van der Waals surface area contributed by atoms with Gasteiger partial charge in [-0.3, -0.25) is 9.59 Å². The summed E-state index contributed by atoms with van der Waals surface area (Å²) in [6.45, 7) is 1.49. The molecule has 2 aromatic carbocycles. The van der Waals surface area contributed by atoms with E-state index in [-0.39, 0.29) is 30.3 Å². The molecule has 1 aliphatic carbocycles. The van der Waals surface area contributed by atoms with Crippen LogP contribution < -0.4 is 4.74 Å². The number of halogens is 1. The Bertz CT molecular complexity index is 1220. The summed E-state index contributed by atoms with van der Waals surface area (Å²) in [5, 5.41) is 0.636. The first-order valence-electron chi connectivity index (χ1n) is 12.8. The maximum absolute atomic E-state index is 13.3. The lowest BCUT2D eigenvalue weighted by atomic mass is 9.90. The molecule has 5 rings (SSSR count). The van der Waals surface area contributed by atoms with Gasteiger partial charge in [0, 0.05) is 68.8 Å². The molecule has 1 saturated heterocycles. The monoisotopic (exact) mass is 518 g/mol. The highest BCUT2D eigenvalue weighted by Crippen LogP contribution is 2.37. The molecule has 1 aliphatic heterocycles. The number of benzene rings is 2. The molecule has 8 heteroatoms. The minimum atomic E-state index is -0.201. The van der Waals surface area contributed by atoms with Gasteiger partial charge in [0.25, 0.3) is 5.91 Å². The molecule has 0 N–H and O–H groups in total. The van der Waals surface area contributed by atoms with Crippen molar-refractivity contribution in [3.63, 3.8) is 0 Å². The third kappa shape index (κ3) is 6.46. The fourth-order valence-corrected chi connectivity index (χ4v) is 4.87. The molecule has 2 aliphatic rings. The normalized spacial score (nSPS) is 19.4. The van der Waals surface area contributed by atoms with Crippen LogP contribution >= 0.6 is 11.6 Å². The number of hydrogen-bond donors (Lipinski definition) is 0. The van der Waals surface area contributed by atoms with Gasteiger partial charge in [-0.05, 0) is 42.7 Å². The Labute approximate surface area is 222 Å². The Hall–Kier alpha value is -3.45. The molecule has 0 radical (unpaired) electrons. The average Bonchev–Trinajstić information content (AvgIpc) is 3.77. The number of amides is 2. The minimum absolute atomic E-state index is 0.0185. The van der Waals surface area contributed by atoms with E-state index in [9.17, 15) is 9.59 Å². The fourth-order valence-electron chi connectivity index (χ4n) is 4.74. The molecule has 2 atom stereocenters. The van der Waals surface area contributed by atoms with Crippen molar-refractivity contribution >= 4 is 23.4 Å². The number of likely N-dealkylation sites (tertiary alicyclic amines) is 1. The van der Waals surface area contributed by atoms with Crippen molar-refractivity contribution in [3.8, 4) is 5.75 Å². The van der Waals surface area contributed by atoms with Crippen LogP contribution in [0.4, 0.5) is 0 Å². The van der Waals surface area contributed by atoms with Crippen LogP contribution in [0.2, 0.25) is 5.02 Å². The molecular formula is C29H31ClN4O3. The zero-order valence-electron chi connectivity index (χ0n) is 20.9. The Morgan fingerprint density at radius 1 is 1.03 bits per heavy atom. The van der Waals surface area contributed by atoms with Gasteiger partial charge in [0.05, 0.1) is 5.56 Å². The summed E-state index contributed by atoms with van der Waals surface area (Å²) in [6, 6.07) is 17.1. The van der Waals surface area contributed by atoms with Crippen LogP contribution in [0.1, 0.15) is 53.3 Å². The van der Waals surface area contributed by atoms with E-state index in [1.54, 1.807) is 34.3 Å². The minimum Gasteiger partial charge on any atom is -0.490 e. The molecule has 0 spiro atoms. The molecule has 192 valence electrons. The van der Waals surface area contributed by atoms with Gasteiger partial charge in [0.1, 0.15) is 17.7 Å². The maximum Gasteiger partial charge on any atom is 0.257 e. The number of rotatable bonds is 8. The van der Waals surface area contributed by atoms with Gasteiger partial charge >= 0.3 is 0 Å². The van der Waals surface area contributed by atoms with Crippen molar-refractivity contribution in [2.75, 3.05) is 20.1 Å². The molecule has 2 heterocycles. The van der Waals surface area contributed by atoms with Crippen LogP contribution in [0.25, 0.3) is 0 Å². The van der Waals surface area contributed by atoms with E-state index in [2.05, 4.69) is 9.97 Å². The van der Waals surface area contributed by atoms with E-state index < -0.39 is 0 Å². The molecule has 2 fully saturated rings. The van der Waals surface area contributed by atoms with Crippen LogP contribution in [0, 0.1) is 5.92 Å². The maximum atomic E-state index is 13.3. The molecule has 37 heavy (non-hydrogen) atoms. The van der Waals surface area contributed by atoms with Crippen molar-refractivity contribution in [1.82, 2.24) is 19.8 Å². The molecular weight excluding hydrogens is 488 g/mol. The lowest BCUT2D eigenvalue weighted by molar-refractivity contribution is -0.132. The second-order valence-corrected chi connectivity index (χ2v) is 10.4. The topological polar surface area (TPSA) is 75.6 Å². The lowest BCUT2D eigenvalue weighted by Gasteiger charge is -2.38. The first kappa shape index (κ1) is 25.2. The van der Waals surface area contributed by atoms with Gasteiger partial charge in [-0.2, -0.15) is 0 Å². The van der Waals surface area contributed by atoms with E-state index in [1.807, 2.05) is 49.5 Å². The van der Waals surface area contributed by atoms with Crippen molar-refractivity contribution in [2.45, 2.75) is 44.2 Å². The fraction of sp³-hybridized carbons (Fsp3) is 0.379. The number of ether oxygens (including phenoxy) is 1. The highest BCUT2D eigenvalue weighted by molar-refractivity contribution is 6.30. The number of carbonyl (C=O) groups excluding carboxylic acids is 2. The first-order chi connectivity index (χ1) is 18.0. The van der Waals surface area contributed by atoms with Gasteiger partial charge < -0.3 is 14.5 Å². The van der Waals surface area contributed by atoms with Gasteiger partial charge in [0.2, 0.25) is 5.91 Å². The molecule has 2 amide bonds. The molecule has 3 aromatic rings. The van der Waals surface area contributed by atoms with Gasteiger partial charge in [-0.1, -0.05) is 41.9 Å². The quantitative estimate of drug-likeness (QED) is 0.421. The second-order valence-electron chi connectivity index (χ2n) is 9.95. The van der Waals surface area contributed by atoms with Crippen molar-refractivity contribution in [1.29, 1.82) is 0 Å². The summed E-state index contributed by atoms with van der Waals surface area (Å²) >= 11 is 6.04. The van der Waals surface area contributed by atoms with Crippen LogP contribution in [0.5, 0.6) is 5.75 Å². The number of nitrogens with zero attached hydrogens (tertiary/aromatic N) is 4. The van der Waals surface area contributed by atoms with Crippen LogP contribution in [0.3, 0.4) is 0 Å². The third-order valence-electron chi connectivity index (χ3n) is 7.04. The largest absolute Gasteiger partial charge is 0.490 e. The van der Waals surface area contributed by atoms with Crippen molar-refractivity contribution in [3.05, 3.63) is 89.0 Å². The third-order valence-corrected chi connectivity index (χ3v) is 7.29. The van der Waals surface area contributed by atoms with E-state index in [1.165, 1.54) is 0 Å². The molecule has 0 bridgehead atoms. The highest BCUT2D eigenvalue weighted by Gasteiger charge is 2.36. The standard InChI is InChI=1S/C29H31ClN4O3/c1-33(18-20-5-3-2-4-6-20)27(35)15-22-19-34(14-13-26(22)37-25-11-9-24(30)10-12-25)29(36)23-16-31-28(32-17-23)21-7-8-21/h2-6,9-12,16-17,21-22,26H,7-8,13-15,18-19H2,1H3/t22-,26-/m0/s1. The zero-order chi connectivity index (χ0) is 25.8. The van der Waals surface area contributed by atoms with E-state index in [4.69, 9.17) is 16.3 Å². The van der Waals surface area contributed by atoms with E-state index >= 15 is 0 Å². The average molecular weight is 519 g/mol. The smallest absolute Gasteiger partial charge is 0.257 e. The predicted molar refractivity (Wildman–Crippen MR) is 141 cm³/mol. The van der Waals surface area contributed by atoms with Gasteiger partial charge in [-0.15, -0.1) is 0 Å². The zero-order valence-corrected chi connectivity index (χ0v) is 21.7. The SMILES string of the molecule is CN(Cc1ccccc1)C(=O)C[C@H]1CN(C(=O)c2cnc(C3CC3)nc2)CC[C@@H]1Oc1ccc(Cl)cc1. The predicted octanol–water partition coefficient (Wildman–Crippen LogP) is 4.97. The summed E-state index contributed by atoms with van der Waals surface area (Å²) in [6.07, 6.45) is 6.19. The summed E-state index contributed by atoms with van der Waals surface area (Å²) in [7, 11) is 1.81.